The lowest BCUT2D eigenvalue weighted by Crippen LogP contribution is -2.47. The molecule has 0 bridgehead atoms. The number of hydrogen-bond donors (Lipinski definition) is 1. The molecule has 0 radical (unpaired) electrons. The maximum Gasteiger partial charge on any atom is 0.323 e. The Labute approximate surface area is 105 Å². The van der Waals surface area contributed by atoms with Gasteiger partial charge in [0, 0.05) is 18.7 Å². The second kappa shape index (κ2) is 5.14. The average molecular weight is 252 g/mol. The standard InChI is InChI=1S/C12H16N2O4/c1-12(2,11(15)16)13(3)8-9-4-6-10(7-5-9)14(17)18/h4-7H,8H2,1-3H3,(H,15,16). The average Bonchev–Trinajstić information content (AvgIpc) is 2.29. The molecule has 1 aromatic carbocycles. The molecule has 0 spiro atoms. The van der Waals surface area contributed by atoms with Gasteiger partial charge in [0.05, 0.1) is 4.92 Å². The maximum absolute atomic E-state index is 11.1. The SMILES string of the molecule is CN(Cc1ccc([N+](=O)[O-])cc1)C(C)(C)C(=O)O. The van der Waals surface area contributed by atoms with E-state index in [-0.39, 0.29) is 5.69 Å². The molecule has 0 heterocycles. The van der Waals surface area contributed by atoms with Crippen molar-refractivity contribution in [3.8, 4) is 0 Å². The number of likely N-dealkylation sites (N-methyl/N-ethyl adjacent to an activating group) is 1. The highest BCUT2D eigenvalue weighted by Gasteiger charge is 2.31. The van der Waals surface area contributed by atoms with Gasteiger partial charge in [-0.2, -0.15) is 0 Å². The molecule has 18 heavy (non-hydrogen) atoms. The number of aliphatic carboxylic acids is 1. The van der Waals surface area contributed by atoms with Crippen molar-refractivity contribution in [1.82, 2.24) is 4.90 Å². The van der Waals surface area contributed by atoms with E-state index in [4.69, 9.17) is 5.11 Å². The summed E-state index contributed by atoms with van der Waals surface area (Å²) in [6, 6.07) is 6.09. The van der Waals surface area contributed by atoms with Crippen molar-refractivity contribution in [1.29, 1.82) is 0 Å². The molecule has 6 heteroatoms. The quantitative estimate of drug-likeness (QED) is 0.639. The van der Waals surface area contributed by atoms with Gasteiger partial charge in [0.2, 0.25) is 0 Å². The van der Waals surface area contributed by atoms with Crippen molar-refractivity contribution in [3.05, 3.63) is 39.9 Å². The summed E-state index contributed by atoms with van der Waals surface area (Å²) in [5.74, 6) is -0.910. The number of nitrogens with zero attached hydrogens (tertiary/aromatic N) is 2. The topological polar surface area (TPSA) is 83.7 Å². The molecule has 0 atom stereocenters. The molecule has 1 N–H and O–H groups in total. The summed E-state index contributed by atoms with van der Waals surface area (Å²) in [4.78, 5) is 22.8. The van der Waals surface area contributed by atoms with Crippen LogP contribution in [0.2, 0.25) is 0 Å². The highest BCUT2D eigenvalue weighted by molar-refractivity contribution is 5.77. The van der Waals surface area contributed by atoms with Crippen molar-refractivity contribution >= 4 is 11.7 Å². The zero-order chi connectivity index (χ0) is 13.9. The largest absolute Gasteiger partial charge is 0.480 e. The van der Waals surface area contributed by atoms with Crippen LogP contribution < -0.4 is 0 Å². The van der Waals surface area contributed by atoms with E-state index in [1.807, 2.05) is 0 Å². The predicted molar refractivity (Wildman–Crippen MR) is 66.3 cm³/mol. The van der Waals surface area contributed by atoms with E-state index in [1.54, 1.807) is 37.9 Å². The number of hydrogen-bond acceptors (Lipinski definition) is 4. The van der Waals surface area contributed by atoms with Crippen LogP contribution in [-0.2, 0) is 11.3 Å². The molecular weight excluding hydrogens is 236 g/mol. The number of nitro groups is 1. The molecule has 0 aliphatic rings. The first kappa shape index (κ1) is 14.1. The molecule has 0 saturated heterocycles. The molecule has 0 aliphatic heterocycles. The number of nitro benzene ring substituents is 1. The lowest BCUT2D eigenvalue weighted by molar-refractivity contribution is -0.384. The Balaban J connectivity index is 2.79. The zero-order valence-corrected chi connectivity index (χ0v) is 10.6. The van der Waals surface area contributed by atoms with Crippen molar-refractivity contribution < 1.29 is 14.8 Å². The third kappa shape index (κ3) is 3.04. The van der Waals surface area contributed by atoms with Crippen LogP contribution >= 0.6 is 0 Å². The number of non-ortho nitro benzene ring substituents is 1. The lowest BCUT2D eigenvalue weighted by Gasteiger charge is -2.31. The Kier molecular flexibility index (Phi) is 4.03. The summed E-state index contributed by atoms with van der Waals surface area (Å²) in [5, 5.41) is 19.6. The monoisotopic (exact) mass is 252 g/mol. The Morgan fingerprint density at radius 2 is 1.89 bits per heavy atom. The molecule has 1 rings (SSSR count). The van der Waals surface area contributed by atoms with E-state index in [1.165, 1.54) is 12.1 Å². The van der Waals surface area contributed by atoms with Crippen LogP contribution in [0.5, 0.6) is 0 Å². The minimum Gasteiger partial charge on any atom is -0.480 e. The Morgan fingerprint density at radius 1 is 1.39 bits per heavy atom. The van der Waals surface area contributed by atoms with Gasteiger partial charge in [-0.3, -0.25) is 19.8 Å². The summed E-state index contributed by atoms with van der Waals surface area (Å²) in [7, 11) is 1.70. The fraction of sp³-hybridized carbons (Fsp3) is 0.417. The number of carboxylic acid groups (broad SMARTS) is 1. The van der Waals surface area contributed by atoms with Crippen LogP contribution in [-0.4, -0.2) is 33.5 Å². The van der Waals surface area contributed by atoms with E-state index >= 15 is 0 Å². The minimum atomic E-state index is -0.984. The smallest absolute Gasteiger partial charge is 0.323 e. The number of benzene rings is 1. The van der Waals surface area contributed by atoms with E-state index in [0.717, 1.165) is 5.56 Å². The highest BCUT2D eigenvalue weighted by Crippen LogP contribution is 2.18. The van der Waals surface area contributed by atoms with Crippen LogP contribution in [0.25, 0.3) is 0 Å². The van der Waals surface area contributed by atoms with Crippen LogP contribution in [0.15, 0.2) is 24.3 Å². The van der Waals surface area contributed by atoms with Crippen molar-refractivity contribution in [2.24, 2.45) is 0 Å². The summed E-state index contributed by atoms with van der Waals surface area (Å²) in [5.41, 5.74) is -0.127. The minimum absolute atomic E-state index is 0.0268. The zero-order valence-electron chi connectivity index (χ0n) is 10.6. The number of carbonyl (C=O) groups is 1. The maximum atomic E-state index is 11.1. The third-order valence-electron chi connectivity index (χ3n) is 3.04. The number of carboxylic acids is 1. The first-order valence-electron chi connectivity index (χ1n) is 5.43. The molecule has 0 fully saturated rings. The summed E-state index contributed by atoms with van der Waals surface area (Å²) >= 11 is 0. The van der Waals surface area contributed by atoms with Gasteiger partial charge < -0.3 is 5.11 Å². The van der Waals surface area contributed by atoms with Gasteiger partial charge in [0.1, 0.15) is 5.54 Å². The summed E-state index contributed by atoms with van der Waals surface area (Å²) in [6.07, 6.45) is 0. The first-order valence-corrected chi connectivity index (χ1v) is 5.43. The van der Waals surface area contributed by atoms with Gasteiger partial charge in [0.15, 0.2) is 0 Å². The molecule has 0 amide bonds. The van der Waals surface area contributed by atoms with E-state index in [2.05, 4.69) is 0 Å². The molecule has 0 aliphatic carbocycles. The van der Waals surface area contributed by atoms with Gasteiger partial charge in [-0.15, -0.1) is 0 Å². The molecule has 6 nitrogen and oxygen atoms in total. The number of rotatable bonds is 5. The van der Waals surface area contributed by atoms with Gasteiger partial charge in [-0.1, -0.05) is 12.1 Å². The van der Waals surface area contributed by atoms with Crippen molar-refractivity contribution in [3.63, 3.8) is 0 Å². The second-order valence-electron chi connectivity index (χ2n) is 4.64. The van der Waals surface area contributed by atoms with Crippen LogP contribution in [0, 0.1) is 10.1 Å². The van der Waals surface area contributed by atoms with E-state index in [9.17, 15) is 14.9 Å². The molecule has 0 saturated carbocycles. The van der Waals surface area contributed by atoms with Crippen molar-refractivity contribution in [2.75, 3.05) is 7.05 Å². The van der Waals surface area contributed by atoms with Gasteiger partial charge >= 0.3 is 5.97 Å². The van der Waals surface area contributed by atoms with Crippen LogP contribution in [0.4, 0.5) is 5.69 Å². The van der Waals surface area contributed by atoms with Crippen LogP contribution in [0.1, 0.15) is 19.4 Å². The lowest BCUT2D eigenvalue weighted by atomic mass is 10.0. The molecule has 1 aromatic rings. The molecular formula is C12H16N2O4. The summed E-state index contributed by atoms with van der Waals surface area (Å²) < 4.78 is 0. The third-order valence-corrected chi connectivity index (χ3v) is 3.04. The Hall–Kier alpha value is -1.95. The normalized spacial score (nSPS) is 11.6. The highest BCUT2D eigenvalue weighted by atomic mass is 16.6. The van der Waals surface area contributed by atoms with Crippen molar-refractivity contribution in [2.45, 2.75) is 25.9 Å². The van der Waals surface area contributed by atoms with Gasteiger partial charge in [0.25, 0.3) is 5.69 Å². The Morgan fingerprint density at radius 3 is 2.28 bits per heavy atom. The molecule has 0 unspecified atom stereocenters. The first-order chi connectivity index (χ1) is 8.25. The fourth-order valence-electron chi connectivity index (χ4n) is 1.36. The van der Waals surface area contributed by atoms with E-state index < -0.39 is 16.4 Å². The molecule has 98 valence electrons. The van der Waals surface area contributed by atoms with Gasteiger partial charge in [-0.05, 0) is 26.5 Å². The van der Waals surface area contributed by atoms with E-state index in [0.29, 0.717) is 6.54 Å². The van der Waals surface area contributed by atoms with Crippen LogP contribution in [0.3, 0.4) is 0 Å². The fourth-order valence-corrected chi connectivity index (χ4v) is 1.36. The second-order valence-corrected chi connectivity index (χ2v) is 4.64. The molecule has 0 aromatic heterocycles. The summed E-state index contributed by atoms with van der Waals surface area (Å²) in [6.45, 7) is 3.64. The van der Waals surface area contributed by atoms with Gasteiger partial charge in [-0.25, -0.2) is 0 Å². The predicted octanol–water partition coefficient (Wildman–Crippen LogP) is 1.89. The Bertz CT molecular complexity index is 454.